The van der Waals surface area contributed by atoms with Gasteiger partial charge in [-0.25, -0.2) is 19.7 Å². The number of nitrogens with one attached hydrogen (secondary N) is 1. The van der Waals surface area contributed by atoms with Crippen molar-refractivity contribution in [3.8, 4) is 0 Å². The Morgan fingerprint density at radius 2 is 1.90 bits per heavy atom. The van der Waals surface area contributed by atoms with Gasteiger partial charge in [0.2, 0.25) is 5.91 Å². The lowest BCUT2D eigenvalue weighted by Crippen LogP contribution is -2.41. The van der Waals surface area contributed by atoms with Gasteiger partial charge in [-0.05, 0) is 18.4 Å². The lowest BCUT2D eigenvalue weighted by molar-refractivity contribution is -0.133. The molecule has 0 aliphatic heterocycles. The van der Waals surface area contributed by atoms with E-state index in [2.05, 4.69) is 20.3 Å². The average molecular weight is 422 g/mol. The SMILES string of the molecule is CC(=O)N(Cn1cnc2c(NC(=O)OCc3ccccc3)ncnc21)C1CCCCC1. The summed E-state index contributed by atoms with van der Waals surface area (Å²) in [5, 5.41) is 2.64. The zero-order valence-electron chi connectivity index (χ0n) is 17.5. The molecule has 0 atom stereocenters. The predicted octanol–water partition coefficient (Wildman–Crippen LogP) is 3.71. The van der Waals surface area contributed by atoms with Crippen molar-refractivity contribution >= 4 is 29.0 Å². The Labute approximate surface area is 180 Å². The summed E-state index contributed by atoms with van der Waals surface area (Å²) in [6.45, 7) is 2.12. The van der Waals surface area contributed by atoms with Gasteiger partial charge in [0, 0.05) is 13.0 Å². The van der Waals surface area contributed by atoms with Gasteiger partial charge in [0.1, 0.15) is 19.6 Å². The molecule has 4 rings (SSSR count). The molecule has 1 aliphatic rings. The first-order valence-corrected chi connectivity index (χ1v) is 10.5. The fourth-order valence-corrected chi connectivity index (χ4v) is 3.96. The van der Waals surface area contributed by atoms with E-state index in [1.807, 2.05) is 39.8 Å². The van der Waals surface area contributed by atoms with Crippen LogP contribution in [0.1, 0.15) is 44.6 Å². The molecular weight excluding hydrogens is 396 g/mol. The number of imidazole rings is 1. The second-order valence-electron chi connectivity index (χ2n) is 7.72. The lowest BCUT2D eigenvalue weighted by atomic mass is 9.94. The van der Waals surface area contributed by atoms with E-state index in [9.17, 15) is 9.59 Å². The minimum absolute atomic E-state index is 0.0330. The molecule has 1 N–H and O–H groups in total. The largest absolute Gasteiger partial charge is 0.444 e. The number of anilines is 1. The highest BCUT2D eigenvalue weighted by molar-refractivity contribution is 5.93. The topological polar surface area (TPSA) is 102 Å². The Hall–Kier alpha value is -3.49. The molecule has 0 bridgehead atoms. The van der Waals surface area contributed by atoms with Crippen molar-refractivity contribution in [1.82, 2.24) is 24.4 Å². The quantitative estimate of drug-likeness (QED) is 0.650. The third-order valence-electron chi connectivity index (χ3n) is 5.56. The van der Waals surface area contributed by atoms with Gasteiger partial charge in [-0.15, -0.1) is 0 Å². The Morgan fingerprint density at radius 1 is 1.13 bits per heavy atom. The molecule has 0 unspecified atom stereocenters. The van der Waals surface area contributed by atoms with Crippen LogP contribution in [0.2, 0.25) is 0 Å². The molecule has 9 heteroatoms. The number of carbonyl (C=O) groups excluding carboxylic acids is 2. The smallest absolute Gasteiger partial charge is 0.413 e. The van der Waals surface area contributed by atoms with Gasteiger partial charge in [0.25, 0.3) is 0 Å². The van der Waals surface area contributed by atoms with Crippen molar-refractivity contribution in [3.05, 3.63) is 48.5 Å². The van der Waals surface area contributed by atoms with Gasteiger partial charge in [-0.3, -0.25) is 14.7 Å². The van der Waals surface area contributed by atoms with E-state index in [-0.39, 0.29) is 24.4 Å². The fourth-order valence-electron chi connectivity index (χ4n) is 3.96. The van der Waals surface area contributed by atoms with Gasteiger partial charge < -0.3 is 9.64 Å². The van der Waals surface area contributed by atoms with Crippen LogP contribution in [0.25, 0.3) is 11.2 Å². The van der Waals surface area contributed by atoms with Gasteiger partial charge in [0.05, 0.1) is 6.33 Å². The van der Waals surface area contributed by atoms with E-state index in [0.717, 1.165) is 31.2 Å². The summed E-state index contributed by atoms with van der Waals surface area (Å²) in [6, 6.07) is 9.66. The van der Waals surface area contributed by atoms with E-state index in [1.165, 1.54) is 12.7 Å². The minimum Gasteiger partial charge on any atom is -0.444 e. The summed E-state index contributed by atoms with van der Waals surface area (Å²) in [7, 11) is 0. The zero-order chi connectivity index (χ0) is 21.6. The second kappa shape index (κ2) is 9.55. The van der Waals surface area contributed by atoms with Crippen LogP contribution >= 0.6 is 0 Å². The molecule has 0 radical (unpaired) electrons. The van der Waals surface area contributed by atoms with Gasteiger partial charge in [-0.1, -0.05) is 49.6 Å². The third kappa shape index (κ3) is 4.99. The second-order valence-corrected chi connectivity index (χ2v) is 7.72. The Balaban J connectivity index is 1.47. The maximum Gasteiger partial charge on any atom is 0.413 e. The normalized spacial score (nSPS) is 14.4. The summed E-state index contributed by atoms with van der Waals surface area (Å²) < 4.78 is 7.08. The summed E-state index contributed by atoms with van der Waals surface area (Å²) in [5.41, 5.74) is 1.89. The van der Waals surface area contributed by atoms with Crippen LogP contribution in [-0.2, 0) is 22.8 Å². The molecule has 1 fully saturated rings. The van der Waals surface area contributed by atoms with Gasteiger partial charge in [-0.2, -0.15) is 0 Å². The van der Waals surface area contributed by atoms with E-state index < -0.39 is 6.09 Å². The predicted molar refractivity (Wildman–Crippen MR) is 115 cm³/mol. The van der Waals surface area contributed by atoms with Gasteiger partial charge >= 0.3 is 6.09 Å². The number of amides is 2. The average Bonchev–Trinajstić information content (AvgIpc) is 3.21. The molecule has 1 saturated carbocycles. The molecule has 0 spiro atoms. The summed E-state index contributed by atoms with van der Waals surface area (Å²) in [4.78, 5) is 39.2. The molecule has 1 aromatic carbocycles. The number of rotatable bonds is 6. The molecule has 3 aromatic rings. The number of benzene rings is 1. The van der Waals surface area contributed by atoms with Crippen molar-refractivity contribution in [1.29, 1.82) is 0 Å². The van der Waals surface area contributed by atoms with Crippen LogP contribution in [0.5, 0.6) is 0 Å². The Morgan fingerprint density at radius 3 is 2.65 bits per heavy atom. The third-order valence-corrected chi connectivity index (χ3v) is 5.56. The molecule has 2 amide bonds. The van der Waals surface area contributed by atoms with E-state index in [0.29, 0.717) is 17.8 Å². The molecule has 162 valence electrons. The highest BCUT2D eigenvalue weighted by atomic mass is 16.5. The maximum atomic E-state index is 12.3. The van der Waals surface area contributed by atoms with Crippen molar-refractivity contribution in [2.24, 2.45) is 0 Å². The Bertz CT molecular complexity index is 1050. The molecule has 0 saturated heterocycles. The number of ether oxygens (including phenoxy) is 1. The monoisotopic (exact) mass is 422 g/mol. The molecule has 2 aromatic heterocycles. The highest BCUT2D eigenvalue weighted by Gasteiger charge is 2.24. The van der Waals surface area contributed by atoms with E-state index >= 15 is 0 Å². The van der Waals surface area contributed by atoms with Crippen molar-refractivity contribution < 1.29 is 14.3 Å². The number of hydrogen-bond acceptors (Lipinski definition) is 6. The van der Waals surface area contributed by atoms with Crippen molar-refractivity contribution in [2.75, 3.05) is 5.32 Å². The summed E-state index contributed by atoms with van der Waals surface area (Å²) >= 11 is 0. The highest BCUT2D eigenvalue weighted by Crippen LogP contribution is 2.24. The van der Waals surface area contributed by atoms with Crippen LogP contribution in [0.3, 0.4) is 0 Å². The standard InChI is InChI=1S/C22H26N6O3/c1-16(29)28(18-10-6-3-7-11-18)15-27-14-25-19-20(23-13-24-21(19)27)26-22(30)31-12-17-8-4-2-5-9-17/h2,4-5,8-9,13-14,18H,3,6-7,10-12,15H2,1H3,(H,23,24,26,30). The molecule has 31 heavy (non-hydrogen) atoms. The summed E-state index contributed by atoms with van der Waals surface area (Å²) in [6.07, 6.45) is 7.90. The van der Waals surface area contributed by atoms with E-state index in [1.54, 1.807) is 13.3 Å². The number of hydrogen-bond donors (Lipinski definition) is 1. The number of carbonyl (C=O) groups is 2. The lowest BCUT2D eigenvalue weighted by Gasteiger charge is -2.33. The molecule has 9 nitrogen and oxygen atoms in total. The molecular formula is C22H26N6O3. The first kappa shape index (κ1) is 20.8. The first-order valence-electron chi connectivity index (χ1n) is 10.5. The maximum absolute atomic E-state index is 12.3. The van der Waals surface area contributed by atoms with E-state index in [4.69, 9.17) is 4.74 Å². The molecule has 1 aliphatic carbocycles. The summed E-state index contributed by atoms with van der Waals surface area (Å²) in [5.74, 6) is 0.305. The van der Waals surface area contributed by atoms with Crippen molar-refractivity contribution in [2.45, 2.75) is 58.3 Å². The minimum atomic E-state index is -0.619. The Kier molecular flexibility index (Phi) is 6.40. The van der Waals surface area contributed by atoms with Crippen LogP contribution < -0.4 is 5.32 Å². The van der Waals surface area contributed by atoms with Crippen LogP contribution in [0.4, 0.5) is 10.6 Å². The number of nitrogens with zero attached hydrogens (tertiary/aromatic N) is 5. The fraction of sp³-hybridized carbons (Fsp3) is 0.409. The number of fused-ring (bicyclic) bond motifs is 1. The van der Waals surface area contributed by atoms with Crippen LogP contribution in [0, 0.1) is 0 Å². The van der Waals surface area contributed by atoms with Crippen LogP contribution in [-0.4, -0.2) is 42.5 Å². The van der Waals surface area contributed by atoms with Gasteiger partial charge in [0.15, 0.2) is 17.0 Å². The number of aromatic nitrogens is 4. The van der Waals surface area contributed by atoms with Crippen molar-refractivity contribution in [3.63, 3.8) is 0 Å². The van der Waals surface area contributed by atoms with Crippen LogP contribution in [0.15, 0.2) is 43.0 Å². The zero-order valence-corrected chi connectivity index (χ0v) is 17.5. The molecule has 2 heterocycles. The first-order chi connectivity index (χ1) is 15.1.